The number of benzene rings is 1. The second-order valence-corrected chi connectivity index (χ2v) is 4.66. The van der Waals surface area contributed by atoms with Crippen molar-refractivity contribution >= 4 is 10.9 Å². The predicted octanol–water partition coefficient (Wildman–Crippen LogP) is 1.77. The highest BCUT2D eigenvalue weighted by atomic mass is 16.5. The van der Waals surface area contributed by atoms with Gasteiger partial charge in [-0.25, -0.2) is 4.98 Å². The Balaban J connectivity index is 1.83. The summed E-state index contributed by atoms with van der Waals surface area (Å²) in [7, 11) is 1.65. The first kappa shape index (κ1) is 12.2. The van der Waals surface area contributed by atoms with E-state index in [-0.39, 0.29) is 6.10 Å². The van der Waals surface area contributed by atoms with Crippen LogP contribution in [-0.4, -0.2) is 36.3 Å². The summed E-state index contributed by atoms with van der Waals surface area (Å²) in [5.41, 5.74) is 0.841. The Labute approximate surface area is 112 Å². The van der Waals surface area contributed by atoms with E-state index in [1.165, 1.54) is 0 Å². The lowest BCUT2D eigenvalue weighted by atomic mass is 10.1. The van der Waals surface area contributed by atoms with Crippen LogP contribution in [0.4, 0.5) is 0 Å². The van der Waals surface area contributed by atoms with Crippen LogP contribution in [0, 0.1) is 0 Å². The van der Waals surface area contributed by atoms with Crippen molar-refractivity contribution in [3.8, 4) is 11.8 Å². The highest BCUT2D eigenvalue weighted by Gasteiger charge is 2.15. The summed E-state index contributed by atoms with van der Waals surface area (Å²) < 4.78 is 11.0. The van der Waals surface area contributed by atoms with Crippen LogP contribution >= 0.6 is 0 Å². The summed E-state index contributed by atoms with van der Waals surface area (Å²) in [4.78, 5) is 8.69. The van der Waals surface area contributed by atoms with Crippen LogP contribution in [0.15, 0.2) is 24.4 Å². The third-order valence-corrected chi connectivity index (χ3v) is 3.29. The van der Waals surface area contributed by atoms with Crippen LogP contribution in [0.1, 0.15) is 12.8 Å². The molecule has 1 aliphatic rings. The lowest BCUT2D eigenvalue weighted by Gasteiger charge is -2.22. The Kier molecular flexibility index (Phi) is 3.46. The fraction of sp³-hybridized carbons (Fsp3) is 0.429. The highest BCUT2D eigenvalue weighted by Crippen LogP contribution is 2.20. The topological polar surface area (TPSA) is 56.3 Å². The van der Waals surface area contributed by atoms with E-state index in [1.807, 2.05) is 18.2 Å². The first-order chi connectivity index (χ1) is 9.35. The zero-order valence-electron chi connectivity index (χ0n) is 10.9. The molecule has 1 unspecified atom stereocenters. The summed E-state index contributed by atoms with van der Waals surface area (Å²) in [6.45, 7) is 1.93. The molecule has 1 aliphatic heterocycles. The summed E-state index contributed by atoms with van der Waals surface area (Å²) in [5.74, 6) is 0.788. The molecule has 1 fully saturated rings. The van der Waals surface area contributed by atoms with Crippen molar-refractivity contribution in [3.05, 3.63) is 24.4 Å². The molecular formula is C14H17N3O2. The molecular weight excluding hydrogens is 242 g/mol. The minimum Gasteiger partial charge on any atom is -0.497 e. The molecule has 2 aromatic rings. The van der Waals surface area contributed by atoms with Crippen LogP contribution < -0.4 is 14.8 Å². The average Bonchev–Trinajstić information content (AvgIpc) is 2.47. The molecule has 2 heterocycles. The van der Waals surface area contributed by atoms with Crippen molar-refractivity contribution in [2.75, 3.05) is 20.2 Å². The molecule has 100 valence electrons. The number of aromatic nitrogens is 2. The zero-order chi connectivity index (χ0) is 13.1. The molecule has 1 atom stereocenters. The Morgan fingerprint density at radius 3 is 3.11 bits per heavy atom. The van der Waals surface area contributed by atoms with Gasteiger partial charge in [-0.1, -0.05) is 0 Å². The number of rotatable bonds is 3. The van der Waals surface area contributed by atoms with Crippen LogP contribution in [0.25, 0.3) is 10.9 Å². The second kappa shape index (κ2) is 5.40. The predicted molar refractivity (Wildman–Crippen MR) is 72.6 cm³/mol. The van der Waals surface area contributed by atoms with Gasteiger partial charge < -0.3 is 14.8 Å². The minimum absolute atomic E-state index is 0.164. The van der Waals surface area contributed by atoms with Gasteiger partial charge in [0.25, 0.3) is 0 Å². The largest absolute Gasteiger partial charge is 0.497 e. The van der Waals surface area contributed by atoms with E-state index in [2.05, 4.69) is 15.3 Å². The fourth-order valence-corrected chi connectivity index (χ4v) is 2.24. The zero-order valence-corrected chi connectivity index (χ0v) is 10.9. The van der Waals surface area contributed by atoms with Gasteiger partial charge in [-0.2, -0.15) is 4.98 Å². The number of piperidine rings is 1. The standard InChI is InChI=1S/C14H17N3O2/c1-18-11-5-4-10-8-16-14(17-13(10)7-11)19-12-3-2-6-15-9-12/h4-5,7-8,12,15H,2-3,6,9H2,1H3. The lowest BCUT2D eigenvalue weighted by Crippen LogP contribution is -2.37. The SMILES string of the molecule is COc1ccc2cnc(OC3CCCNC3)nc2c1. The number of hydrogen-bond donors (Lipinski definition) is 1. The Hall–Kier alpha value is -1.88. The van der Waals surface area contributed by atoms with E-state index in [0.717, 1.165) is 42.6 Å². The highest BCUT2D eigenvalue weighted by molar-refractivity contribution is 5.79. The van der Waals surface area contributed by atoms with Gasteiger partial charge in [-0.3, -0.25) is 0 Å². The Morgan fingerprint density at radius 1 is 1.37 bits per heavy atom. The second-order valence-electron chi connectivity index (χ2n) is 4.66. The van der Waals surface area contributed by atoms with Crippen molar-refractivity contribution < 1.29 is 9.47 Å². The first-order valence-electron chi connectivity index (χ1n) is 6.53. The van der Waals surface area contributed by atoms with E-state index < -0.39 is 0 Å². The monoisotopic (exact) mass is 259 g/mol. The molecule has 0 aliphatic carbocycles. The van der Waals surface area contributed by atoms with Gasteiger partial charge in [0, 0.05) is 24.2 Å². The van der Waals surface area contributed by atoms with Crippen molar-refractivity contribution in [1.29, 1.82) is 0 Å². The van der Waals surface area contributed by atoms with Crippen molar-refractivity contribution in [3.63, 3.8) is 0 Å². The van der Waals surface area contributed by atoms with Gasteiger partial charge in [0.15, 0.2) is 0 Å². The average molecular weight is 259 g/mol. The van der Waals surface area contributed by atoms with E-state index in [9.17, 15) is 0 Å². The maximum absolute atomic E-state index is 5.81. The van der Waals surface area contributed by atoms with Gasteiger partial charge in [0.2, 0.25) is 0 Å². The molecule has 1 saturated heterocycles. The molecule has 3 rings (SSSR count). The maximum Gasteiger partial charge on any atom is 0.317 e. The van der Waals surface area contributed by atoms with Gasteiger partial charge in [-0.05, 0) is 31.5 Å². The van der Waals surface area contributed by atoms with Crippen molar-refractivity contribution in [1.82, 2.24) is 15.3 Å². The first-order valence-corrected chi connectivity index (χ1v) is 6.53. The number of hydrogen-bond acceptors (Lipinski definition) is 5. The molecule has 1 N–H and O–H groups in total. The van der Waals surface area contributed by atoms with Gasteiger partial charge in [0.05, 0.1) is 12.6 Å². The maximum atomic E-state index is 5.81. The van der Waals surface area contributed by atoms with Crippen LogP contribution in [0.3, 0.4) is 0 Å². The van der Waals surface area contributed by atoms with E-state index in [4.69, 9.17) is 9.47 Å². The van der Waals surface area contributed by atoms with E-state index in [1.54, 1.807) is 13.3 Å². The van der Waals surface area contributed by atoms with Crippen LogP contribution in [0.2, 0.25) is 0 Å². The number of nitrogens with one attached hydrogen (secondary N) is 1. The fourth-order valence-electron chi connectivity index (χ4n) is 2.24. The molecule has 0 amide bonds. The molecule has 0 radical (unpaired) electrons. The van der Waals surface area contributed by atoms with Crippen molar-refractivity contribution in [2.24, 2.45) is 0 Å². The summed E-state index contributed by atoms with van der Waals surface area (Å²) in [5, 5.41) is 4.29. The summed E-state index contributed by atoms with van der Waals surface area (Å²) in [6, 6.07) is 6.18. The Morgan fingerprint density at radius 2 is 2.32 bits per heavy atom. The number of nitrogens with zero attached hydrogens (tertiary/aromatic N) is 2. The number of fused-ring (bicyclic) bond motifs is 1. The number of methoxy groups -OCH3 is 1. The molecule has 1 aromatic heterocycles. The van der Waals surface area contributed by atoms with Gasteiger partial charge in [0.1, 0.15) is 11.9 Å². The summed E-state index contributed by atoms with van der Waals surface area (Å²) in [6.07, 6.45) is 4.13. The molecule has 5 heteroatoms. The smallest absolute Gasteiger partial charge is 0.317 e. The van der Waals surface area contributed by atoms with Crippen LogP contribution in [0.5, 0.6) is 11.8 Å². The molecule has 19 heavy (non-hydrogen) atoms. The molecule has 0 spiro atoms. The molecule has 0 bridgehead atoms. The summed E-state index contributed by atoms with van der Waals surface area (Å²) >= 11 is 0. The van der Waals surface area contributed by atoms with Gasteiger partial charge >= 0.3 is 6.01 Å². The molecule has 1 aromatic carbocycles. The number of ether oxygens (including phenoxy) is 2. The molecule has 5 nitrogen and oxygen atoms in total. The lowest BCUT2D eigenvalue weighted by molar-refractivity contribution is 0.154. The van der Waals surface area contributed by atoms with Gasteiger partial charge in [-0.15, -0.1) is 0 Å². The normalized spacial score (nSPS) is 19.3. The minimum atomic E-state index is 0.164. The van der Waals surface area contributed by atoms with Crippen molar-refractivity contribution in [2.45, 2.75) is 18.9 Å². The van der Waals surface area contributed by atoms with E-state index in [0.29, 0.717) is 6.01 Å². The third kappa shape index (κ3) is 2.76. The molecule has 0 saturated carbocycles. The van der Waals surface area contributed by atoms with Crippen LogP contribution in [-0.2, 0) is 0 Å². The van der Waals surface area contributed by atoms with E-state index >= 15 is 0 Å². The third-order valence-electron chi connectivity index (χ3n) is 3.29. The Bertz CT molecular complexity index is 568. The quantitative estimate of drug-likeness (QED) is 0.910.